The number of fused-ring (bicyclic) bond motifs is 1. The summed E-state index contributed by atoms with van der Waals surface area (Å²) >= 11 is 0. The van der Waals surface area contributed by atoms with E-state index in [1.54, 1.807) is 10.8 Å². The van der Waals surface area contributed by atoms with Gasteiger partial charge >= 0.3 is 10.2 Å². The number of carbonyl (C=O) groups excluding carboxylic acids is 1. The summed E-state index contributed by atoms with van der Waals surface area (Å²) < 4.78 is 41.8. The first-order chi connectivity index (χ1) is 13.8. The molecule has 0 radical (unpaired) electrons. The number of rotatable bonds is 3. The number of pyridine rings is 1. The van der Waals surface area contributed by atoms with Crippen molar-refractivity contribution in [1.29, 1.82) is 0 Å². The van der Waals surface area contributed by atoms with Gasteiger partial charge < -0.3 is 10.0 Å². The number of nitrogens with zero attached hydrogens (tertiary/aromatic N) is 3. The largest absolute Gasteiger partial charge is 0.506 e. The van der Waals surface area contributed by atoms with Crippen LogP contribution in [0.4, 0.5) is 10.1 Å². The molecule has 10 heteroatoms. The second-order valence-electron chi connectivity index (χ2n) is 7.94. The molecule has 1 amide bonds. The molecule has 0 atom stereocenters. The number of piperidine rings is 1. The molecule has 154 valence electrons. The Morgan fingerprint density at radius 2 is 1.90 bits per heavy atom. The van der Waals surface area contributed by atoms with Crippen LogP contribution in [-0.4, -0.2) is 55.0 Å². The number of benzene rings is 1. The molecule has 1 aromatic carbocycles. The fraction of sp³-hybridized carbons (Fsp3) is 0.474. The smallest absolute Gasteiger partial charge is 0.326 e. The number of anilines is 1. The number of phenolic OH excluding ortho intramolecular Hbond substituents is 1. The lowest BCUT2D eigenvalue weighted by Gasteiger charge is -2.31. The number of nitrogens with one attached hydrogen (secondary N) is 1. The molecule has 0 bridgehead atoms. The SMILES string of the molecule is O=C1CN(c2c(O)cc3ccc(C4CCN(C5CC5)CC4)nc3c2F)S(=O)(=O)N1. The van der Waals surface area contributed by atoms with Gasteiger partial charge in [-0.15, -0.1) is 0 Å². The predicted molar refractivity (Wildman–Crippen MR) is 104 cm³/mol. The third-order valence-corrected chi connectivity index (χ3v) is 7.36. The molecule has 8 nitrogen and oxygen atoms in total. The van der Waals surface area contributed by atoms with Crippen LogP contribution in [0.25, 0.3) is 10.9 Å². The Morgan fingerprint density at radius 3 is 2.52 bits per heavy atom. The fourth-order valence-electron chi connectivity index (χ4n) is 4.33. The summed E-state index contributed by atoms with van der Waals surface area (Å²) in [6.45, 7) is 1.41. The van der Waals surface area contributed by atoms with Crippen molar-refractivity contribution in [2.24, 2.45) is 0 Å². The van der Waals surface area contributed by atoms with E-state index in [9.17, 15) is 18.3 Å². The molecular formula is C19H21FN4O4S. The van der Waals surface area contributed by atoms with E-state index in [0.717, 1.165) is 37.7 Å². The maximum Gasteiger partial charge on any atom is 0.326 e. The van der Waals surface area contributed by atoms with Crippen LogP contribution in [0.2, 0.25) is 0 Å². The lowest BCUT2D eigenvalue weighted by atomic mass is 9.92. The van der Waals surface area contributed by atoms with Gasteiger partial charge in [0.25, 0.3) is 5.91 Å². The van der Waals surface area contributed by atoms with Crippen molar-refractivity contribution >= 4 is 32.7 Å². The quantitative estimate of drug-likeness (QED) is 0.782. The third-order valence-electron chi connectivity index (χ3n) is 5.98. The van der Waals surface area contributed by atoms with Crippen molar-refractivity contribution in [3.8, 4) is 5.75 Å². The van der Waals surface area contributed by atoms with Crippen LogP contribution in [-0.2, 0) is 15.0 Å². The highest BCUT2D eigenvalue weighted by Gasteiger charge is 2.38. The molecular weight excluding hydrogens is 399 g/mol. The van der Waals surface area contributed by atoms with Crippen LogP contribution in [0, 0.1) is 5.82 Å². The highest BCUT2D eigenvalue weighted by Crippen LogP contribution is 2.39. The second-order valence-corrected chi connectivity index (χ2v) is 9.54. The summed E-state index contributed by atoms with van der Waals surface area (Å²) in [6.07, 6.45) is 4.43. The zero-order valence-electron chi connectivity index (χ0n) is 15.6. The third kappa shape index (κ3) is 3.20. The van der Waals surface area contributed by atoms with Crippen molar-refractivity contribution in [3.05, 3.63) is 29.7 Å². The molecule has 5 rings (SSSR count). The van der Waals surface area contributed by atoms with E-state index in [-0.39, 0.29) is 11.4 Å². The Hall–Kier alpha value is -2.46. The highest BCUT2D eigenvalue weighted by molar-refractivity contribution is 7.92. The minimum absolute atomic E-state index is 0.00512. The molecule has 1 aromatic heterocycles. The summed E-state index contributed by atoms with van der Waals surface area (Å²) in [7, 11) is -4.24. The van der Waals surface area contributed by atoms with E-state index in [4.69, 9.17) is 0 Å². The molecule has 2 aromatic rings. The van der Waals surface area contributed by atoms with Gasteiger partial charge in [0.05, 0.1) is 0 Å². The van der Waals surface area contributed by atoms with Gasteiger partial charge in [-0.3, -0.25) is 4.79 Å². The lowest BCUT2D eigenvalue weighted by Crippen LogP contribution is -2.34. The van der Waals surface area contributed by atoms with E-state index in [1.807, 2.05) is 6.07 Å². The average molecular weight is 420 g/mol. The summed E-state index contributed by atoms with van der Waals surface area (Å²) in [5, 5.41) is 10.6. The zero-order valence-corrected chi connectivity index (χ0v) is 16.5. The van der Waals surface area contributed by atoms with Crippen molar-refractivity contribution in [2.75, 3.05) is 23.9 Å². The maximum atomic E-state index is 15.3. The normalized spacial score (nSPS) is 22.9. The second kappa shape index (κ2) is 6.53. The number of aromatic nitrogens is 1. The number of halogens is 1. The first-order valence-corrected chi connectivity index (χ1v) is 11.2. The standard InChI is InChI=1S/C19H21FN4O4S/c20-17-18-12(9-15(25)19(17)24-10-16(26)22-29(24,27)28)1-4-14(21-18)11-5-7-23(8-6-11)13-2-3-13/h1,4,9,11,13,25H,2-3,5-8,10H2,(H,22,26). The van der Waals surface area contributed by atoms with Crippen LogP contribution >= 0.6 is 0 Å². The van der Waals surface area contributed by atoms with Gasteiger partial charge in [-0.05, 0) is 50.9 Å². The number of phenols is 1. The maximum absolute atomic E-state index is 15.3. The number of carbonyl (C=O) groups is 1. The van der Waals surface area contributed by atoms with Gasteiger partial charge in [0, 0.05) is 23.0 Å². The molecule has 2 aliphatic heterocycles. The van der Waals surface area contributed by atoms with Crippen molar-refractivity contribution in [3.63, 3.8) is 0 Å². The number of hydrogen-bond donors (Lipinski definition) is 2. The van der Waals surface area contributed by atoms with Gasteiger partial charge in [-0.1, -0.05) is 6.07 Å². The Morgan fingerprint density at radius 1 is 1.17 bits per heavy atom. The van der Waals surface area contributed by atoms with Crippen LogP contribution in [0.1, 0.15) is 37.3 Å². The minimum Gasteiger partial charge on any atom is -0.506 e. The average Bonchev–Trinajstić information content (AvgIpc) is 3.48. The topological polar surface area (TPSA) is 103 Å². The van der Waals surface area contributed by atoms with E-state index in [2.05, 4.69) is 9.88 Å². The molecule has 2 N–H and O–H groups in total. The molecule has 1 aliphatic carbocycles. The molecule has 3 heterocycles. The van der Waals surface area contributed by atoms with Crippen molar-refractivity contribution in [1.82, 2.24) is 14.6 Å². The van der Waals surface area contributed by atoms with Gasteiger partial charge in [0.2, 0.25) is 0 Å². The Balaban J connectivity index is 1.51. The van der Waals surface area contributed by atoms with Crippen LogP contribution < -0.4 is 9.03 Å². The molecule has 0 unspecified atom stereocenters. The van der Waals surface area contributed by atoms with Crippen molar-refractivity contribution in [2.45, 2.75) is 37.6 Å². The summed E-state index contributed by atoms with van der Waals surface area (Å²) in [6, 6.07) is 5.54. The number of likely N-dealkylation sites (tertiary alicyclic amines) is 1. The summed E-state index contributed by atoms with van der Waals surface area (Å²) in [4.78, 5) is 18.5. The first-order valence-electron chi connectivity index (χ1n) is 9.73. The summed E-state index contributed by atoms with van der Waals surface area (Å²) in [5.41, 5.74) is 0.209. The molecule has 3 fully saturated rings. The van der Waals surface area contributed by atoms with E-state index in [1.165, 1.54) is 18.9 Å². The first kappa shape index (κ1) is 18.6. The van der Waals surface area contributed by atoms with Crippen LogP contribution in [0.5, 0.6) is 5.75 Å². The molecule has 1 saturated carbocycles. The zero-order chi connectivity index (χ0) is 20.3. The van der Waals surface area contributed by atoms with E-state index in [0.29, 0.717) is 9.69 Å². The molecule has 3 aliphatic rings. The number of aromatic hydroxyl groups is 1. The van der Waals surface area contributed by atoms with E-state index >= 15 is 4.39 Å². The number of amides is 1. The molecule has 29 heavy (non-hydrogen) atoms. The monoisotopic (exact) mass is 420 g/mol. The van der Waals surface area contributed by atoms with Crippen LogP contribution in [0.15, 0.2) is 18.2 Å². The fourth-order valence-corrected chi connectivity index (χ4v) is 5.49. The van der Waals surface area contributed by atoms with Crippen LogP contribution in [0.3, 0.4) is 0 Å². The Labute approximate surface area is 167 Å². The van der Waals surface area contributed by atoms with Gasteiger partial charge in [-0.2, -0.15) is 8.42 Å². The van der Waals surface area contributed by atoms with Gasteiger partial charge in [-0.25, -0.2) is 18.4 Å². The molecule has 0 spiro atoms. The van der Waals surface area contributed by atoms with E-state index < -0.39 is 39.9 Å². The van der Waals surface area contributed by atoms with Gasteiger partial charge in [0.15, 0.2) is 5.82 Å². The minimum atomic E-state index is -4.24. The summed E-state index contributed by atoms with van der Waals surface area (Å²) in [5.74, 6) is -2.07. The Bertz CT molecular complexity index is 1110. The number of hydrogen-bond acceptors (Lipinski definition) is 6. The lowest BCUT2D eigenvalue weighted by molar-refractivity contribution is -0.117. The van der Waals surface area contributed by atoms with Crippen molar-refractivity contribution < 1.29 is 22.7 Å². The molecule has 2 saturated heterocycles. The van der Waals surface area contributed by atoms with Gasteiger partial charge in [0.1, 0.15) is 23.5 Å². The predicted octanol–water partition coefficient (Wildman–Crippen LogP) is 1.60. The highest BCUT2D eigenvalue weighted by atomic mass is 32.2. The Kier molecular flexibility index (Phi) is 4.18.